The molecule has 0 bridgehead atoms. The van der Waals surface area contributed by atoms with Crippen molar-refractivity contribution in [2.24, 2.45) is 0 Å². The Morgan fingerprint density at radius 2 is 2.00 bits per heavy atom. The minimum atomic E-state index is -0.204. The first kappa shape index (κ1) is 23.9. The second kappa shape index (κ2) is 11.3. The van der Waals surface area contributed by atoms with Gasteiger partial charge in [-0.2, -0.15) is 0 Å². The van der Waals surface area contributed by atoms with Gasteiger partial charge < -0.3 is 19.7 Å². The Bertz CT molecular complexity index is 1170. The molecule has 34 heavy (non-hydrogen) atoms. The van der Waals surface area contributed by atoms with Crippen molar-refractivity contribution in [3.63, 3.8) is 0 Å². The van der Waals surface area contributed by atoms with Crippen molar-refractivity contribution < 1.29 is 14.3 Å². The van der Waals surface area contributed by atoms with Crippen LogP contribution < -0.4 is 20.5 Å². The lowest BCUT2D eigenvalue weighted by Crippen LogP contribution is -2.38. The van der Waals surface area contributed by atoms with Gasteiger partial charge in [-0.15, -0.1) is 11.3 Å². The molecule has 9 nitrogen and oxygen atoms in total. The second-order valence-corrected chi connectivity index (χ2v) is 8.87. The summed E-state index contributed by atoms with van der Waals surface area (Å²) in [6.45, 7) is 7.17. The number of hydrogen-bond donors (Lipinski definition) is 2. The van der Waals surface area contributed by atoms with Crippen molar-refractivity contribution >= 4 is 28.3 Å². The lowest BCUT2D eigenvalue weighted by atomic mass is 10.1. The number of carbonyl (C=O) groups excluding carboxylic acids is 1. The minimum absolute atomic E-state index is 0.168. The number of amides is 1. The molecule has 4 rings (SSSR count). The van der Waals surface area contributed by atoms with Crippen LogP contribution in [0.15, 0.2) is 34.4 Å². The molecule has 1 saturated heterocycles. The first-order valence-electron chi connectivity index (χ1n) is 11.4. The molecular formula is C24H29N5O4S. The molecule has 1 aliphatic rings. The summed E-state index contributed by atoms with van der Waals surface area (Å²) in [4.78, 5) is 39.0. The SMILES string of the molecule is CCCOc1ccc(-c2csc(NC(=O)CCc3c(C)nc(N4CCOCC4)[nH]c3=O)n2)cc1. The molecule has 1 fully saturated rings. The quantitative estimate of drug-likeness (QED) is 0.480. The largest absolute Gasteiger partial charge is 0.494 e. The van der Waals surface area contributed by atoms with Gasteiger partial charge in [0, 0.05) is 41.7 Å². The number of carbonyl (C=O) groups is 1. The molecule has 2 N–H and O–H groups in total. The third-order valence-electron chi connectivity index (χ3n) is 5.50. The fourth-order valence-corrected chi connectivity index (χ4v) is 4.38. The van der Waals surface area contributed by atoms with Crippen molar-refractivity contribution in [1.29, 1.82) is 0 Å². The van der Waals surface area contributed by atoms with Crippen molar-refractivity contribution in [3.05, 3.63) is 51.3 Å². The average Bonchev–Trinajstić information content (AvgIpc) is 3.31. The Morgan fingerprint density at radius 1 is 1.24 bits per heavy atom. The van der Waals surface area contributed by atoms with Crippen LogP contribution in [0.5, 0.6) is 5.75 Å². The number of aryl methyl sites for hydroxylation is 1. The number of hydrogen-bond acceptors (Lipinski definition) is 8. The molecule has 180 valence electrons. The normalized spacial score (nSPS) is 13.6. The number of aromatic nitrogens is 3. The van der Waals surface area contributed by atoms with Crippen LogP contribution in [0, 0.1) is 6.92 Å². The maximum Gasteiger partial charge on any atom is 0.255 e. The van der Waals surface area contributed by atoms with Gasteiger partial charge in [-0.25, -0.2) is 9.97 Å². The van der Waals surface area contributed by atoms with Crippen LogP contribution >= 0.6 is 11.3 Å². The summed E-state index contributed by atoms with van der Waals surface area (Å²) in [5.74, 6) is 1.19. The van der Waals surface area contributed by atoms with E-state index in [1.54, 1.807) is 6.92 Å². The average molecular weight is 484 g/mol. The third-order valence-corrected chi connectivity index (χ3v) is 6.25. The Balaban J connectivity index is 1.33. The smallest absolute Gasteiger partial charge is 0.255 e. The number of aromatic amines is 1. The number of nitrogens with zero attached hydrogens (tertiary/aromatic N) is 3. The van der Waals surface area contributed by atoms with Crippen LogP contribution in [-0.4, -0.2) is 53.8 Å². The first-order chi connectivity index (χ1) is 16.5. The number of anilines is 2. The predicted molar refractivity (Wildman–Crippen MR) is 133 cm³/mol. The number of ether oxygens (including phenoxy) is 2. The van der Waals surface area contributed by atoms with Gasteiger partial charge in [-0.1, -0.05) is 6.92 Å². The summed E-state index contributed by atoms with van der Waals surface area (Å²) in [7, 11) is 0. The van der Waals surface area contributed by atoms with E-state index >= 15 is 0 Å². The molecule has 1 aromatic carbocycles. The second-order valence-electron chi connectivity index (χ2n) is 8.01. The molecular weight excluding hydrogens is 454 g/mol. The molecule has 0 aliphatic carbocycles. The van der Waals surface area contributed by atoms with E-state index in [1.807, 2.05) is 34.5 Å². The lowest BCUT2D eigenvalue weighted by Gasteiger charge is -2.27. The van der Waals surface area contributed by atoms with Gasteiger partial charge in [0.25, 0.3) is 5.56 Å². The summed E-state index contributed by atoms with van der Waals surface area (Å²) >= 11 is 1.37. The van der Waals surface area contributed by atoms with Crippen molar-refractivity contribution in [2.45, 2.75) is 33.1 Å². The monoisotopic (exact) mass is 483 g/mol. The number of thiazole rings is 1. The van der Waals surface area contributed by atoms with Gasteiger partial charge in [0.2, 0.25) is 11.9 Å². The summed E-state index contributed by atoms with van der Waals surface area (Å²) in [5, 5.41) is 5.26. The fraction of sp³-hybridized carbons (Fsp3) is 0.417. The van der Waals surface area contributed by atoms with E-state index in [9.17, 15) is 9.59 Å². The molecule has 3 heterocycles. The number of H-pyrrole nitrogens is 1. The maximum atomic E-state index is 12.6. The molecule has 0 saturated carbocycles. The van der Waals surface area contributed by atoms with Crippen LogP contribution in [0.25, 0.3) is 11.3 Å². The number of rotatable bonds is 9. The molecule has 0 atom stereocenters. The van der Waals surface area contributed by atoms with Crippen molar-refractivity contribution in [1.82, 2.24) is 15.0 Å². The van der Waals surface area contributed by atoms with Gasteiger partial charge >= 0.3 is 0 Å². The Hall–Kier alpha value is -3.24. The zero-order chi connectivity index (χ0) is 23.9. The van der Waals surface area contributed by atoms with E-state index in [2.05, 4.69) is 27.2 Å². The molecule has 1 amide bonds. The van der Waals surface area contributed by atoms with Crippen LogP contribution in [0.2, 0.25) is 0 Å². The van der Waals surface area contributed by atoms with Crippen molar-refractivity contribution in [3.8, 4) is 17.0 Å². The highest BCUT2D eigenvalue weighted by Gasteiger charge is 2.17. The van der Waals surface area contributed by atoms with Crippen molar-refractivity contribution in [2.75, 3.05) is 43.1 Å². The first-order valence-corrected chi connectivity index (χ1v) is 12.3. The number of benzene rings is 1. The fourth-order valence-electron chi connectivity index (χ4n) is 3.64. The van der Waals surface area contributed by atoms with Crippen LogP contribution in [0.3, 0.4) is 0 Å². The van der Waals surface area contributed by atoms with Crippen LogP contribution in [-0.2, 0) is 16.0 Å². The van der Waals surface area contributed by atoms with Gasteiger partial charge in [0.15, 0.2) is 5.13 Å². The highest BCUT2D eigenvalue weighted by molar-refractivity contribution is 7.14. The summed E-state index contributed by atoms with van der Waals surface area (Å²) in [5.41, 5.74) is 2.70. The topological polar surface area (TPSA) is 109 Å². The van der Waals surface area contributed by atoms with Crippen LogP contribution in [0.1, 0.15) is 31.0 Å². The highest BCUT2D eigenvalue weighted by atomic mass is 32.1. The summed E-state index contributed by atoms with van der Waals surface area (Å²) in [6.07, 6.45) is 1.43. The zero-order valence-corrected chi connectivity index (χ0v) is 20.2. The van der Waals surface area contributed by atoms with E-state index < -0.39 is 0 Å². The predicted octanol–water partition coefficient (Wildman–Crippen LogP) is 3.40. The number of nitrogens with one attached hydrogen (secondary N) is 2. The number of morpholine rings is 1. The highest BCUT2D eigenvalue weighted by Crippen LogP contribution is 2.26. The molecule has 1 aliphatic heterocycles. The molecule has 0 unspecified atom stereocenters. The Kier molecular flexibility index (Phi) is 7.91. The zero-order valence-electron chi connectivity index (χ0n) is 19.4. The lowest BCUT2D eigenvalue weighted by molar-refractivity contribution is -0.116. The summed E-state index contributed by atoms with van der Waals surface area (Å²) < 4.78 is 11.0. The summed E-state index contributed by atoms with van der Waals surface area (Å²) in [6, 6.07) is 7.74. The molecule has 2 aromatic heterocycles. The standard InChI is InChI=1S/C24H29N5O4S/c1-3-12-33-18-6-4-17(5-7-18)20-15-34-24(26-20)27-21(30)9-8-19-16(2)25-23(28-22(19)31)29-10-13-32-14-11-29/h4-7,15H,3,8-14H2,1-2H3,(H,25,28,31)(H,26,27,30). The maximum absolute atomic E-state index is 12.6. The Labute approximate surface area is 202 Å². The third kappa shape index (κ3) is 6.00. The molecule has 10 heteroatoms. The van der Waals surface area contributed by atoms with Gasteiger partial charge in [-0.3, -0.25) is 14.6 Å². The van der Waals surface area contributed by atoms with Crippen LogP contribution in [0.4, 0.5) is 11.1 Å². The Morgan fingerprint density at radius 3 is 2.71 bits per heavy atom. The van der Waals surface area contributed by atoms with E-state index in [1.165, 1.54) is 11.3 Å². The van der Waals surface area contributed by atoms with Gasteiger partial charge in [-0.05, 0) is 44.0 Å². The van der Waals surface area contributed by atoms with E-state index in [0.29, 0.717) is 61.7 Å². The van der Waals surface area contributed by atoms with E-state index in [-0.39, 0.29) is 17.9 Å². The van der Waals surface area contributed by atoms with Gasteiger partial charge in [0.05, 0.1) is 25.5 Å². The van der Waals surface area contributed by atoms with Gasteiger partial charge in [0.1, 0.15) is 5.75 Å². The molecule has 0 radical (unpaired) electrons. The van der Waals surface area contributed by atoms with E-state index in [0.717, 1.165) is 23.4 Å². The molecule has 3 aromatic rings. The van der Waals surface area contributed by atoms with E-state index in [4.69, 9.17) is 9.47 Å². The molecule has 0 spiro atoms. The minimum Gasteiger partial charge on any atom is -0.494 e.